The number of aromatic nitrogens is 2. The maximum absolute atomic E-state index is 5.96. The lowest BCUT2D eigenvalue weighted by Crippen LogP contribution is -1.90. The summed E-state index contributed by atoms with van der Waals surface area (Å²) < 4.78 is 0. The first-order valence-electron chi connectivity index (χ1n) is 5.66. The van der Waals surface area contributed by atoms with E-state index in [4.69, 9.17) is 17.3 Å². The van der Waals surface area contributed by atoms with Crippen LogP contribution in [0.3, 0.4) is 0 Å². The van der Waals surface area contributed by atoms with Gasteiger partial charge in [0.25, 0.3) is 0 Å². The van der Waals surface area contributed by atoms with Crippen molar-refractivity contribution in [2.24, 2.45) is 0 Å². The van der Waals surface area contributed by atoms with Crippen LogP contribution in [0.5, 0.6) is 0 Å². The molecule has 94 valence electrons. The molecule has 0 unspecified atom stereocenters. The highest BCUT2D eigenvalue weighted by Crippen LogP contribution is 2.35. The van der Waals surface area contributed by atoms with Gasteiger partial charge in [0, 0.05) is 21.0 Å². The van der Waals surface area contributed by atoms with Crippen LogP contribution < -0.4 is 5.73 Å². The molecule has 0 saturated heterocycles. The number of hydrogen-bond acceptors (Lipinski definition) is 4. The average molecular weight is 288 g/mol. The molecule has 0 aliphatic rings. The minimum absolute atomic E-state index is 0.634. The molecule has 1 heterocycles. The van der Waals surface area contributed by atoms with Crippen LogP contribution >= 0.6 is 23.4 Å². The van der Waals surface area contributed by atoms with Crippen LogP contribution in [0.25, 0.3) is 10.9 Å². The summed E-state index contributed by atoms with van der Waals surface area (Å²) >= 11 is 7.42. The van der Waals surface area contributed by atoms with Crippen molar-refractivity contribution in [3.63, 3.8) is 0 Å². The SMILES string of the molecule is Nc1cc(Cl)ccc1Sc1ncnc2ccccc12. The molecule has 5 heteroatoms. The zero-order chi connectivity index (χ0) is 13.2. The minimum Gasteiger partial charge on any atom is -0.398 e. The van der Waals surface area contributed by atoms with Gasteiger partial charge in [0.05, 0.1) is 5.52 Å². The van der Waals surface area contributed by atoms with E-state index >= 15 is 0 Å². The maximum atomic E-state index is 5.96. The van der Waals surface area contributed by atoms with Gasteiger partial charge in [-0.25, -0.2) is 9.97 Å². The van der Waals surface area contributed by atoms with E-state index < -0.39 is 0 Å². The first-order valence-corrected chi connectivity index (χ1v) is 6.86. The van der Waals surface area contributed by atoms with Gasteiger partial charge in [-0.05, 0) is 24.3 Å². The van der Waals surface area contributed by atoms with Crippen molar-refractivity contribution in [2.75, 3.05) is 5.73 Å². The lowest BCUT2D eigenvalue weighted by atomic mass is 10.2. The first kappa shape index (κ1) is 12.3. The summed E-state index contributed by atoms with van der Waals surface area (Å²) in [5.74, 6) is 0. The first-order chi connectivity index (χ1) is 9.24. The van der Waals surface area contributed by atoms with Crippen molar-refractivity contribution in [2.45, 2.75) is 9.92 Å². The Balaban J connectivity index is 2.06. The van der Waals surface area contributed by atoms with Crippen LogP contribution in [0.1, 0.15) is 0 Å². The monoisotopic (exact) mass is 287 g/mol. The fraction of sp³-hybridized carbons (Fsp3) is 0. The average Bonchev–Trinajstić information content (AvgIpc) is 2.42. The van der Waals surface area contributed by atoms with Crippen LogP contribution in [0.2, 0.25) is 5.02 Å². The fourth-order valence-electron chi connectivity index (χ4n) is 1.78. The van der Waals surface area contributed by atoms with Crippen LogP contribution in [-0.4, -0.2) is 9.97 Å². The Kier molecular flexibility index (Phi) is 3.27. The Morgan fingerprint density at radius 1 is 1.05 bits per heavy atom. The summed E-state index contributed by atoms with van der Waals surface area (Å²) in [5.41, 5.74) is 7.54. The van der Waals surface area contributed by atoms with Gasteiger partial charge in [-0.2, -0.15) is 0 Å². The van der Waals surface area contributed by atoms with Crippen molar-refractivity contribution in [1.82, 2.24) is 9.97 Å². The van der Waals surface area contributed by atoms with Crippen molar-refractivity contribution in [1.29, 1.82) is 0 Å². The van der Waals surface area contributed by atoms with E-state index in [1.165, 1.54) is 11.8 Å². The van der Waals surface area contributed by atoms with E-state index in [-0.39, 0.29) is 0 Å². The summed E-state index contributed by atoms with van der Waals surface area (Å²) in [6, 6.07) is 13.4. The molecule has 3 aromatic rings. The van der Waals surface area contributed by atoms with Gasteiger partial charge in [-0.3, -0.25) is 0 Å². The van der Waals surface area contributed by atoms with E-state index in [1.54, 1.807) is 12.4 Å². The molecule has 0 radical (unpaired) electrons. The lowest BCUT2D eigenvalue weighted by molar-refractivity contribution is 1.10. The molecule has 0 saturated carbocycles. The molecule has 0 atom stereocenters. The number of nitrogens with zero attached hydrogens (tertiary/aromatic N) is 2. The third-order valence-electron chi connectivity index (χ3n) is 2.68. The molecule has 19 heavy (non-hydrogen) atoms. The van der Waals surface area contributed by atoms with Crippen molar-refractivity contribution in [3.05, 3.63) is 53.8 Å². The number of nitrogen functional groups attached to an aromatic ring is 1. The normalized spacial score (nSPS) is 10.8. The number of anilines is 1. The van der Waals surface area contributed by atoms with Gasteiger partial charge in [0.15, 0.2) is 0 Å². The van der Waals surface area contributed by atoms with Gasteiger partial charge in [-0.1, -0.05) is 41.6 Å². The minimum atomic E-state index is 0.634. The third-order valence-corrected chi connectivity index (χ3v) is 4.03. The predicted octanol–water partition coefficient (Wildman–Crippen LogP) is 4.02. The second-order valence-electron chi connectivity index (χ2n) is 3.98. The summed E-state index contributed by atoms with van der Waals surface area (Å²) in [6.07, 6.45) is 1.57. The smallest absolute Gasteiger partial charge is 0.117 e. The molecule has 0 bridgehead atoms. The van der Waals surface area contributed by atoms with Crippen molar-refractivity contribution < 1.29 is 0 Å². The molecular weight excluding hydrogens is 278 g/mol. The number of nitrogens with two attached hydrogens (primary N) is 1. The fourth-order valence-corrected chi connectivity index (χ4v) is 2.86. The molecule has 0 aliphatic carbocycles. The Labute approximate surface area is 119 Å². The summed E-state index contributed by atoms with van der Waals surface area (Å²) in [6.45, 7) is 0. The zero-order valence-corrected chi connectivity index (χ0v) is 11.4. The van der Waals surface area contributed by atoms with Gasteiger partial charge in [-0.15, -0.1) is 0 Å². The van der Waals surface area contributed by atoms with Crippen LogP contribution in [0.15, 0.2) is 58.7 Å². The molecule has 0 amide bonds. The molecule has 0 fully saturated rings. The van der Waals surface area contributed by atoms with Gasteiger partial charge < -0.3 is 5.73 Å². The van der Waals surface area contributed by atoms with Crippen molar-refractivity contribution in [3.8, 4) is 0 Å². The van der Waals surface area contributed by atoms with E-state index in [0.29, 0.717) is 10.7 Å². The number of halogens is 1. The van der Waals surface area contributed by atoms with Gasteiger partial charge in [0.2, 0.25) is 0 Å². The van der Waals surface area contributed by atoms with Crippen LogP contribution in [-0.2, 0) is 0 Å². The Bertz CT molecular complexity index is 740. The third kappa shape index (κ3) is 2.50. The predicted molar refractivity (Wildman–Crippen MR) is 79.5 cm³/mol. The highest BCUT2D eigenvalue weighted by Gasteiger charge is 2.07. The Hall–Kier alpha value is -1.78. The van der Waals surface area contributed by atoms with E-state index in [2.05, 4.69) is 9.97 Å². The highest BCUT2D eigenvalue weighted by molar-refractivity contribution is 7.99. The second kappa shape index (κ2) is 5.07. The summed E-state index contributed by atoms with van der Waals surface area (Å²) in [7, 11) is 0. The molecule has 2 N–H and O–H groups in total. The number of hydrogen-bond donors (Lipinski definition) is 1. The Morgan fingerprint density at radius 3 is 2.74 bits per heavy atom. The quantitative estimate of drug-likeness (QED) is 0.571. The Morgan fingerprint density at radius 2 is 1.89 bits per heavy atom. The molecule has 3 rings (SSSR count). The van der Waals surface area contributed by atoms with Gasteiger partial charge >= 0.3 is 0 Å². The van der Waals surface area contributed by atoms with E-state index in [0.717, 1.165) is 20.8 Å². The topological polar surface area (TPSA) is 51.8 Å². The second-order valence-corrected chi connectivity index (χ2v) is 5.45. The number of para-hydroxylation sites is 1. The number of fused-ring (bicyclic) bond motifs is 1. The van der Waals surface area contributed by atoms with E-state index in [1.807, 2.05) is 36.4 Å². The molecule has 0 spiro atoms. The molecule has 1 aromatic heterocycles. The zero-order valence-electron chi connectivity index (χ0n) is 9.88. The van der Waals surface area contributed by atoms with Crippen molar-refractivity contribution >= 4 is 40.0 Å². The van der Waals surface area contributed by atoms with Gasteiger partial charge in [0.1, 0.15) is 11.4 Å². The largest absolute Gasteiger partial charge is 0.398 e. The molecule has 2 aromatic carbocycles. The summed E-state index contributed by atoms with van der Waals surface area (Å²) in [4.78, 5) is 9.51. The highest BCUT2D eigenvalue weighted by atomic mass is 35.5. The lowest BCUT2D eigenvalue weighted by Gasteiger charge is -2.07. The van der Waals surface area contributed by atoms with E-state index in [9.17, 15) is 0 Å². The van der Waals surface area contributed by atoms with Crippen LogP contribution in [0.4, 0.5) is 5.69 Å². The molecule has 0 aliphatic heterocycles. The molecular formula is C14H10ClN3S. The summed E-state index contributed by atoms with van der Waals surface area (Å²) in [5, 5.41) is 2.54. The maximum Gasteiger partial charge on any atom is 0.117 e. The molecule has 3 nitrogen and oxygen atoms in total. The van der Waals surface area contributed by atoms with Crippen LogP contribution in [0, 0.1) is 0 Å². The standard InChI is InChI=1S/C14H10ClN3S/c15-9-5-6-13(11(16)7-9)19-14-10-3-1-2-4-12(10)17-8-18-14/h1-8H,16H2. The number of benzene rings is 2. The number of rotatable bonds is 2.